The fourth-order valence-corrected chi connectivity index (χ4v) is 4.70. The molecule has 0 spiro atoms. The number of carbonyl (C=O) groups is 2. The average molecular weight is 578 g/mol. The Morgan fingerprint density at radius 2 is 1.33 bits per heavy atom. The number of para-hydroxylation sites is 1. The van der Waals surface area contributed by atoms with E-state index in [2.05, 4.69) is 0 Å². The molecule has 10 heteroatoms. The molecule has 4 aromatic rings. The summed E-state index contributed by atoms with van der Waals surface area (Å²) >= 11 is 30.5. The normalized spacial score (nSPS) is 10.7. The van der Waals surface area contributed by atoms with Crippen LogP contribution in [0.3, 0.4) is 0 Å². The lowest BCUT2D eigenvalue weighted by Crippen LogP contribution is -2.48. The van der Waals surface area contributed by atoms with Crippen LogP contribution in [0.15, 0.2) is 89.5 Å². The number of hydrogen-bond acceptors (Lipinski definition) is 4. The number of benzene rings is 3. The minimum atomic E-state index is -0.549. The molecule has 0 atom stereocenters. The summed E-state index contributed by atoms with van der Waals surface area (Å²) < 4.78 is 5.47. The third-order valence-electron chi connectivity index (χ3n) is 5.10. The Morgan fingerprint density at radius 1 is 0.750 bits per heavy atom. The van der Waals surface area contributed by atoms with Gasteiger partial charge in [-0.25, -0.2) is 0 Å². The van der Waals surface area contributed by atoms with Gasteiger partial charge in [0.15, 0.2) is 5.11 Å². The zero-order chi connectivity index (χ0) is 25.8. The summed E-state index contributed by atoms with van der Waals surface area (Å²) in [6, 6.07) is 21.1. The highest BCUT2D eigenvalue weighted by atomic mass is 35.5. The molecule has 1 heterocycles. The summed E-state index contributed by atoms with van der Waals surface area (Å²) in [7, 11) is 0. The second-order valence-corrected chi connectivity index (χ2v) is 9.53. The smallest absolute Gasteiger partial charge is 0.266 e. The summed E-state index contributed by atoms with van der Waals surface area (Å²) in [4.78, 5) is 30.0. The molecule has 0 saturated carbocycles. The standard InChI is InChI=1S/C26H16Cl4N2O3S/c27-16-8-10-20(22(29)13-16)24(33)31(15-19-7-4-12-35-19)26(36)32(18-5-2-1-3-6-18)25(34)21-11-9-17(28)14-23(21)30/h1-14H,15H2. The monoisotopic (exact) mass is 576 g/mol. The van der Waals surface area contributed by atoms with Gasteiger partial charge >= 0.3 is 0 Å². The van der Waals surface area contributed by atoms with E-state index in [1.165, 1.54) is 40.3 Å². The topological polar surface area (TPSA) is 53.8 Å². The number of amides is 2. The maximum Gasteiger partial charge on any atom is 0.266 e. The van der Waals surface area contributed by atoms with Crippen LogP contribution < -0.4 is 4.90 Å². The van der Waals surface area contributed by atoms with E-state index in [-0.39, 0.29) is 32.8 Å². The predicted molar refractivity (Wildman–Crippen MR) is 147 cm³/mol. The van der Waals surface area contributed by atoms with Gasteiger partial charge in [-0.2, -0.15) is 0 Å². The molecule has 0 N–H and O–H groups in total. The van der Waals surface area contributed by atoms with Gasteiger partial charge in [0.2, 0.25) is 0 Å². The lowest BCUT2D eigenvalue weighted by Gasteiger charge is -2.31. The summed E-state index contributed by atoms with van der Waals surface area (Å²) in [6.07, 6.45) is 1.48. The van der Waals surface area contributed by atoms with E-state index < -0.39 is 11.8 Å². The van der Waals surface area contributed by atoms with E-state index in [0.29, 0.717) is 21.5 Å². The fourth-order valence-electron chi connectivity index (χ4n) is 3.39. The number of anilines is 1. The van der Waals surface area contributed by atoms with Crippen LogP contribution in [-0.4, -0.2) is 21.8 Å². The van der Waals surface area contributed by atoms with Crippen molar-refractivity contribution in [3.63, 3.8) is 0 Å². The Kier molecular flexibility index (Phi) is 8.34. The highest BCUT2D eigenvalue weighted by Gasteiger charge is 2.32. The molecule has 182 valence electrons. The summed E-state index contributed by atoms with van der Waals surface area (Å²) in [6.45, 7) is -0.0609. The van der Waals surface area contributed by atoms with Gasteiger partial charge < -0.3 is 4.42 Å². The molecule has 0 unspecified atom stereocenters. The van der Waals surface area contributed by atoms with E-state index >= 15 is 0 Å². The molecular weight excluding hydrogens is 562 g/mol. The molecule has 3 aromatic carbocycles. The van der Waals surface area contributed by atoms with Gasteiger partial charge in [-0.1, -0.05) is 64.6 Å². The summed E-state index contributed by atoms with van der Waals surface area (Å²) in [5.74, 6) is -0.651. The van der Waals surface area contributed by atoms with Gasteiger partial charge in [-0.05, 0) is 72.9 Å². The van der Waals surface area contributed by atoms with Crippen molar-refractivity contribution in [2.24, 2.45) is 0 Å². The number of carbonyl (C=O) groups excluding carboxylic acids is 2. The SMILES string of the molecule is O=C(c1ccc(Cl)cc1Cl)N(Cc1ccco1)C(=S)N(C(=O)c1ccc(Cl)cc1Cl)c1ccccc1. The van der Waals surface area contributed by atoms with Gasteiger partial charge in [0.05, 0.1) is 39.7 Å². The quantitative estimate of drug-likeness (QED) is 0.224. The fraction of sp³-hybridized carbons (Fsp3) is 0.0385. The van der Waals surface area contributed by atoms with E-state index in [0.717, 1.165) is 0 Å². The Morgan fingerprint density at radius 3 is 1.86 bits per heavy atom. The van der Waals surface area contributed by atoms with Crippen LogP contribution in [0.2, 0.25) is 20.1 Å². The first-order valence-corrected chi connectivity index (χ1v) is 12.4. The number of thiocarbonyl (C=S) groups is 1. The Hall–Kier alpha value is -2.87. The number of nitrogens with zero attached hydrogens (tertiary/aromatic N) is 2. The van der Waals surface area contributed by atoms with E-state index in [1.54, 1.807) is 54.6 Å². The van der Waals surface area contributed by atoms with Crippen molar-refractivity contribution < 1.29 is 14.0 Å². The van der Waals surface area contributed by atoms with Gasteiger partial charge in [-0.15, -0.1) is 0 Å². The first-order chi connectivity index (χ1) is 17.3. The first kappa shape index (κ1) is 26.2. The van der Waals surface area contributed by atoms with Crippen molar-refractivity contribution >= 4 is 81.2 Å². The third kappa shape index (κ3) is 5.75. The molecule has 2 amide bonds. The third-order valence-corrected chi connectivity index (χ3v) is 6.60. The Bertz CT molecular complexity index is 1430. The van der Waals surface area contributed by atoms with Crippen LogP contribution in [0.5, 0.6) is 0 Å². The van der Waals surface area contributed by atoms with Crippen LogP contribution in [0.1, 0.15) is 26.5 Å². The van der Waals surface area contributed by atoms with Crippen LogP contribution in [-0.2, 0) is 6.54 Å². The van der Waals surface area contributed by atoms with Crippen LogP contribution >= 0.6 is 58.6 Å². The van der Waals surface area contributed by atoms with Crippen molar-refractivity contribution in [3.05, 3.63) is 122 Å². The van der Waals surface area contributed by atoms with Crippen LogP contribution in [0.25, 0.3) is 0 Å². The Labute approximate surface area is 232 Å². The van der Waals surface area contributed by atoms with Crippen molar-refractivity contribution in [2.45, 2.75) is 6.54 Å². The maximum absolute atomic E-state index is 13.8. The molecule has 1 aromatic heterocycles. The molecule has 0 aliphatic carbocycles. The minimum absolute atomic E-state index is 0.0609. The van der Waals surface area contributed by atoms with Crippen molar-refractivity contribution in [3.8, 4) is 0 Å². The van der Waals surface area contributed by atoms with Crippen LogP contribution in [0, 0.1) is 0 Å². The molecule has 0 aliphatic heterocycles. The minimum Gasteiger partial charge on any atom is -0.467 e. The molecule has 5 nitrogen and oxygen atoms in total. The molecule has 0 bridgehead atoms. The first-order valence-electron chi connectivity index (χ1n) is 10.4. The van der Waals surface area contributed by atoms with Crippen LogP contribution in [0.4, 0.5) is 5.69 Å². The highest BCUT2D eigenvalue weighted by Crippen LogP contribution is 2.28. The molecule has 0 aliphatic rings. The second kappa shape index (κ2) is 11.5. The zero-order valence-electron chi connectivity index (χ0n) is 18.3. The molecule has 0 saturated heterocycles. The second-order valence-electron chi connectivity index (χ2n) is 7.48. The highest BCUT2D eigenvalue weighted by molar-refractivity contribution is 7.80. The molecular formula is C26H16Cl4N2O3S. The van der Waals surface area contributed by atoms with E-state index in [4.69, 9.17) is 63.0 Å². The number of hydrogen-bond donors (Lipinski definition) is 0. The largest absolute Gasteiger partial charge is 0.467 e. The lowest BCUT2D eigenvalue weighted by atomic mass is 10.1. The predicted octanol–water partition coefficient (Wildman–Crippen LogP) is 8.17. The van der Waals surface area contributed by atoms with E-state index in [1.807, 2.05) is 0 Å². The number of rotatable bonds is 5. The van der Waals surface area contributed by atoms with Gasteiger partial charge in [-0.3, -0.25) is 19.4 Å². The molecule has 0 radical (unpaired) electrons. The zero-order valence-corrected chi connectivity index (χ0v) is 22.2. The molecule has 0 fully saturated rings. The lowest BCUT2D eigenvalue weighted by molar-refractivity contribution is 0.0832. The number of halogens is 4. The van der Waals surface area contributed by atoms with Crippen molar-refractivity contribution in [1.29, 1.82) is 0 Å². The Balaban J connectivity index is 1.82. The summed E-state index contributed by atoms with van der Waals surface area (Å²) in [5.41, 5.74) is 0.736. The molecule has 36 heavy (non-hydrogen) atoms. The van der Waals surface area contributed by atoms with Crippen molar-refractivity contribution in [2.75, 3.05) is 4.90 Å². The summed E-state index contributed by atoms with van der Waals surface area (Å²) in [5, 5.41) is 0.913. The van der Waals surface area contributed by atoms with Gasteiger partial charge in [0.25, 0.3) is 11.8 Å². The van der Waals surface area contributed by atoms with Gasteiger partial charge in [0, 0.05) is 10.0 Å². The van der Waals surface area contributed by atoms with E-state index in [9.17, 15) is 9.59 Å². The average Bonchev–Trinajstić information content (AvgIpc) is 3.36. The molecule has 4 rings (SSSR count). The number of furan rings is 1. The van der Waals surface area contributed by atoms with Gasteiger partial charge in [0.1, 0.15) is 5.76 Å². The van der Waals surface area contributed by atoms with Crippen molar-refractivity contribution in [1.82, 2.24) is 4.90 Å². The maximum atomic E-state index is 13.8.